The van der Waals surface area contributed by atoms with Crippen LogP contribution in [0.3, 0.4) is 0 Å². The van der Waals surface area contributed by atoms with E-state index in [1.165, 1.54) is 0 Å². The maximum Gasteiger partial charge on any atom is 0.196 e. The highest BCUT2D eigenvalue weighted by molar-refractivity contribution is 9.09. The van der Waals surface area contributed by atoms with Crippen LogP contribution < -0.4 is 0 Å². The Morgan fingerprint density at radius 3 is 2.43 bits per heavy atom. The van der Waals surface area contributed by atoms with Crippen LogP contribution in [0.25, 0.3) is 11.1 Å². The van der Waals surface area contributed by atoms with E-state index in [1.807, 2.05) is 18.2 Å². The first-order valence-electron chi connectivity index (χ1n) is 6.17. The molecule has 3 rings (SSSR count). The number of halogens is 4. The van der Waals surface area contributed by atoms with E-state index in [-0.39, 0.29) is 5.56 Å². The first-order chi connectivity index (χ1) is 10.0. The van der Waals surface area contributed by atoms with E-state index in [0.29, 0.717) is 23.4 Å². The number of nitrogens with zero attached hydrogens (tertiary/aromatic N) is 1. The summed E-state index contributed by atoms with van der Waals surface area (Å²) in [5, 5.41) is 0. The van der Waals surface area contributed by atoms with Gasteiger partial charge in [0.2, 0.25) is 0 Å². The Balaban J connectivity index is 1.87. The monoisotopic (exact) mass is 355 g/mol. The predicted molar refractivity (Wildman–Crippen MR) is 75.7 cm³/mol. The van der Waals surface area contributed by atoms with E-state index >= 15 is 0 Å². The number of hydrogen-bond acceptors (Lipinski definition) is 2. The second-order valence-electron chi connectivity index (χ2n) is 4.55. The average molecular weight is 356 g/mol. The molecule has 0 saturated heterocycles. The van der Waals surface area contributed by atoms with Gasteiger partial charge in [0.15, 0.2) is 28.9 Å². The van der Waals surface area contributed by atoms with Gasteiger partial charge in [-0.3, -0.25) is 0 Å². The maximum absolute atomic E-state index is 13.2. The zero-order valence-corrected chi connectivity index (χ0v) is 12.2. The van der Waals surface area contributed by atoms with Crippen LogP contribution in [0.5, 0.6) is 0 Å². The average Bonchev–Trinajstić information content (AvgIpc) is 2.86. The normalized spacial score (nSPS) is 12.8. The Hall–Kier alpha value is -1.82. The molecule has 0 aliphatic rings. The number of benzene rings is 2. The van der Waals surface area contributed by atoms with E-state index in [0.717, 1.165) is 12.1 Å². The van der Waals surface area contributed by atoms with Gasteiger partial charge in [-0.25, -0.2) is 18.2 Å². The zero-order valence-electron chi connectivity index (χ0n) is 10.6. The number of para-hydroxylation sites is 2. The van der Waals surface area contributed by atoms with Crippen molar-refractivity contribution in [3.8, 4) is 0 Å². The number of alkyl halides is 1. The number of hydrogen-bond donors (Lipinski definition) is 0. The third-order valence-corrected chi connectivity index (χ3v) is 3.91. The Labute approximate surface area is 126 Å². The van der Waals surface area contributed by atoms with Crippen LogP contribution in [0.1, 0.15) is 16.3 Å². The molecule has 108 valence electrons. The highest BCUT2D eigenvalue weighted by atomic mass is 79.9. The maximum atomic E-state index is 13.2. The topological polar surface area (TPSA) is 26.0 Å². The SMILES string of the molecule is Fc1cc(C(Br)Cc2nc3ccccc3o2)cc(F)c1F. The second-order valence-corrected chi connectivity index (χ2v) is 5.65. The molecule has 0 aliphatic carbocycles. The van der Waals surface area contributed by atoms with Crippen molar-refractivity contribution in [3.63, 3.8) is 0 Å². The Morgan fingerprint density at radius 2 is 1.76 bits per heavy atom. The summed E-state index contributed by atoms with van der Waals surface area (Å²) >= 11 is 3.32. The highest BCUT2D eigenvalue weighted by Gasteiger charge is 2.18. The van der Waals surface area contributed by atoms with Gasteiger partial charge in [-0.1, -0.05) is 28.1 Å². The van der Waals surface area contributed by atoms with Crippen molar-refractivity contribution < 1.29 is 17.6 Å². The molecule has 1 unspecified atom stereocenters. The summed E-state index contributed by atoms with van der Waals surface area (Å²) in [4.78, 5) is 3.85. The minimum Gasteiger partial charge on any atom is -0.441 e. The smallest absolute Gasteiger partial charge is 0.196 e. The highest BCUT2D eigenvalue weighted by Crippen LogP contribution is 2.30. The number of rotatable bonds is 3. The summed E-state index contributed by atoms with van der Waals surface area (Å²) in [6.07, 6.45) is 0.291. The van der Waals surface area contributed by atoms with Gasteiger partial charge in [0.1, 0.15) is 5.52 Å². The molecular weight excluding hydrogens is 347 g/mol. The lowest BCUT2D eigenvalue weighted by atomic mass is 10.1. The van der Waals surface area contributed by atoms with Crippen LogP contribution in [0.15, 0.2) is 40.8 Å². The van der Waals surface area contributed by atoms with Crippen molar-refractivity contribution in [1.29, 1.82) is 0 Å². The van der Waals surface area contributed by atoms with Gasteiger partial charge in [0.05, 0.1) is 0 Å². The van der Waals surface area contributed by atoms with Crippen LogP contribution >= 0.6 is 15.9 Å². The van der Waals surface area contributed by atoms with Gasteiger partial charge in [0.25, 0.3) is 0 Å². The number of oxazole rings is 1. The summed E-state index contributed by atoms with van der Waals surface area (Å²) in [5.41, 5.74) is 1.64. The van der Waals surface area contributed by atoms with Gasteiger partial charge in [-0.15, -0.1) is 0 Å². The van der Waals surface area contributed by atoms with Crippen molar-refractivity contribution in [2.45, 2.75) is 11.2 Å². The van der Waals surface area contributed by atoms with Crippen molar-refractivity contribution in [3.05, 3.63) is 65.3 Å². The molecule has 0 N–H and O–H groups in total. The van der Waals surface area contributed by atoms with Crippen molar-refractivity contribution in [2.24, 2.45) is 0 Å². The summed E-state index contributed by atoms with van der Waals surface area (Å²) in [6, 6.07) is 9.18. The largest absolute Gasteiger partial charge is 0.441 e. The Bertz CT molecular complexity index is 746. The van der Waals surface area contributed by atoms with Crippen molar-refractivity contribution >= 4 is 27.0 Å². The van der Waals surface area contributed by atoms with Gasteiger partial charge in [-0.2, -0.15) is 0 Å². The van der Waals surface area contributed by atoms with Gasteiger partial charge >= 0.3 is 0 Å². The predicted octanol–water partition coefficient (Wildman–Crippen LogP) is 4.92. The third kappa shape index (κ3) is 2.81. The lowest BCUT2D eigenvalue weighted by Gasteiger charge is -2.08. The molecule has 1 atom stereocenters. The molecule has 0 spiro atoms. The molecule has 1 heterocycles. The molecule has 0 bridgehead atoms. The van der Waals surface area contributed by atoms with Crippen LogP contribution in [0.2, 0.25) is 0 Å². The lowest BCUT2D eigenvalue weighted by Crippen LogP contribution is -2.00. The molecule has 1 aromatic heterocycles. The summed E-state index contributed by atoms with van der Waals surface area (Å²) in [7, 11) is 0. The van der Waals surface area contributed by atoms with E-state index in [1.54, 1.807) is 6.07 Å². The molecule has 21 heavy (non-hydrogen) atoms. The van der Waals surface area contributed by atoms with Crippen LogP contribution in [0, 0.1) is 17.5 Å². The Kier molecular flexibility index (Phi) is 3.71. The van der Waals surface area contributed by atoms with E-state index in [2.05, 4.69) is 20.9 Å². The number of aromatic nitrogens is 1. The van der Waals surface area contributed by atoms with Crippen LogP contribution in [-0.4, -0.2) is 4.98 Å². The number of fused-ring (bicyclic) bond motifs is 1. The van der Waals surface area contributed by atoms with Crippen molar-refractivity contribution in [1.82, 2.24) is 4.98 Å². The van der Waals surface area contributed by atoms with E-state index < -0.39 is 22.3 Å². The fourth-order valence-corrected chi connectivity index (χ4v) is 2.58. The quantitative estimate of drug-likeness (QED) is 0.492. The van der Waals surface area contributed by atoms with Gasteiger partial charge in [0, 0.05) is 11.2 Å². The van der Waals surface area contributed by atoms with E-state index in [4.69, 9.17) is 4.42 Å². The molecule has 0 aliphatic heterocycles. The molecule has 3 aromatic rings. The van der Waals surface area contributed by atoms with Crippen LogP contribution in [-0.2, 0) is 6.42 Å². The lowest BCUT2D eigenvalue weighted by molar-refractivity contribution is 0.444. The molecule has 0 fully saturated rings. The summed E-state index contributed by atoms with van der Waals surface area (Å²) < 4.78 is 44.9. The standard InChI is InChI=1S/C15H9BrF3NO/c16-9(8-5-10(17)15(19)11(18)6-8)7-14-20-12-3-1-2-4-13(12)21-14/h1-6,9H,7H2. The van der Waals surface area contributed by atoms with E-state index in [9.17, 15) is 13.2 Å². The fourth-order valence-electron chi connectivity index (χ4n) is 2.03. The fraction of sp³-hybridized carbons (Fsp3) is 0.133. The molecule has 0 amide bonds. The molecular formula is C15H9BrF3NO. The Morgan fingerprint density at radius 1 is 1.10 bits per heavy atom. The van der Waals surface area contributed by atoms with Gasteiger partial charge in [-0.05, 0) is 29.8 Å². The second kappa shape index (κ2) is 5.52. The summed E-state index contributed by atoms with van der Waals surface area (Å²) in [6.45, 7) is 0. The van der Waals surface area contributed by atoms with Crippen LogP contribution in [0.4, 0.5) is 13.2 Å². The minimum atomic E-state index is -1.47. The molecule has 6 heteroatoms. The minimum absolute atomic E-state index is 0.286. The molecule has 0 radical (unpaired) electrons. The zero-order chi connectivity index (χ0) is 15.0. The third-order valence-electron chi connectivity index (χ3n) is 3.06. The first-order valence-corrected chi connectivity index (χ1v) is 7.09. The molecule has 2 nitrogen and oxygen atoms in total. The molecule has 2 aromatic carbocycles. The first kappa shape index (κ1) is 14.1. The summed E-state index contributed by atoms with van der Waals surface area (Å²) in [5.74, 6) is -3.47. The van der Waals surface area contributed by atoms with Gasteiger partial charge < -0.3 is 4.42 Å². The molecule has 0 saturated carbocycles. The van der Waals surface area contributed by atoms with Crippen molar-refractivity contribution in [2.75, 3.05) is 0 Å².